The van der Waals surface area contributed by atoms with E-state index < -0.39 is 0 Å². The normalized spacial score (nSPS) is 21.1. The predicted octanol–water partition coefficient (Wildman–Crippen LogP) is 0.873. The Hall–Kier alpha value is -1.21. The molecule has 1 aromatic rings. The van der Waals surface area contributed by atoms with Gasteiger partial charge in [0.25, 0.3) is 0 Å². The van der Waals surface area contributed by atoms with Crippen LogP contribution in [0.3, 0.4) is 0 Å². The van der Waals surface area contributed by atoms with E-state index in [4.69, 9.17) is 4.74 Å². The maximum atomic E-state index is 12.4. The van der Waals surface area contributed by atoms with Crippen LogP contribution < -0.4 is 10.2 Å². The molecule has 8 heteroatoms. The van der Waals surface area contributed by atoms with Crippen molar-refractivity contribution >= 4 is 36.4 Å². The molecule has 1 atom stereocenters. The lowest BCUT2D eigenvalue weighted by Crippen LogP contribution is -2.57. The summed E-state index contributed by atoms with van der Waals surface area (Å²) in [5.74, 6) is 0.413. The topological polar surface area (TPSA) is 65.0 Å². The first kappa shape index (κ1) is 19.8. The number of phenols is 1. The number of benzene rings is 1. The Balaban J connectivity index is 0.00000132. The largest absolute Gasteiger partial charge is 0.508 e. The van der Waals surface area contributed by atoms with Crippen molar-refractivity contribution in [3.8, 4) is 5.75 Å². The highest BCUT2D eigenvalue weighted by Gasteiger charge is 2.28. The third-order valence-electron chi connectivity index (χ3n) is 4.03. The second-order valence-corrected chi connectivity index (χ2v) is 5.41. The van der Waals surface area contributed by atoms with Crippen LogP contribution >= 0.6 is 24.8 Å². The van der Waals surface area contributed by atoms with Gasteiger partial charge in [0.15, 0.2) is 0 Å². The molecule has 0 aromatic heterocycles. The molecule has 2 aliphatic heterocycles. The van der Waals surface area contributed by atoms with Gasteiger partial charge in [-0.15, -0.1) is 24.8 Å². The molecule has 0 spiro atoms. The zero-order valence-corrected chi connectivity index (χ0v) is 14.4. The van der Waals surface area contributed by atoms with Gasteiger partial charge in [0.2, 0.25) is 5.91 Å². The van der Waals surface area contributed by atoms with Crippen molar-refractivity contribution in [3.63, 3.8) is 0 Å². The number of carbonyl (C=O) groups excluding carboxylic acids is 1. The molecule has 0 aliphatic carbocycles. The minimum Gasteiger partial charge on any atom is -0.508 e. The molecule has 0 bridgehead atoms. The highest BCUT2D eigenvalue weighted by molar-refractivity contribution is 5.85. The summed E-state index contributed by atoms with van der Waals surface area (Å²) in [4.78, 5) is 16.5. The number of carbonyl (C=O) groups is 1. The number of anilines is 1. The number of ether oxygens (including phenoxy) is 1. The molecule has 3 rings (SSSR count). The molecule has 2 saturated heterocycles. The number of hydrogen-bond donors (Lipinski definition) is 2. The first-order valence-corrected chi connectivity index (χ1v) is 7.38. The molecule has 1 aromatic carbocycles. The number of nitrogens with one attached hydrogen (secondary N) is 1. The smallest absolute Gasteiger partial charge is 0.242 e. The second-order valence-electron chi connectivity index (χ2n) is 5.41. The van der Waals surface area contributed by atoms with Crippen molar-refractivity contribution in [2.24, 2.45) is 0 Å². The molecule has 6 nitrogen and oxygen atoms in total. The quantitative estimate of drug-likeness (QED) is 0.816. The number of piperazine rings is 1. The number of hydrogen-bond acceptors (Lipinski definition) is 5. The fourth-order valence-electron chi connectivity index (χ4n) is 2.79. The lowest BCUT2D eigenvalue weighted by atomic mass is 10.2. The van der Waals surface area contributed by atoms with Crippen LogP contribution in [-0.2, 0) is 9.53 Å². The van der Waals surface area contributed by atoms with Crippen molar-refractivity contribution in [2.75, 3.05) is 50.8 Å². The second kappa shape index (κ2) is 9.17. The molecule has 130 valence electrons. The van der Waals surface area contributed by atoms with E-state index in [9.17, 15) is 9.90 Å². The van der Waals surface area contributed by atoms with Crippen LogP contribution in [0.25, 0.3) is 0 Å². The van der Waals surface area contributed by atoms with E-state index in [0.717, 1.165) is 38.4 Å². The van der Waals surface area contributed by atoms with Crippen LogP contribution in [0.4, 0.5) is 5.69 Å². The predicted molar refractivity (Wildman–Crippen MR) is 94.0 cm³/mol. The summed E-state index contributed by atoms with van der Waals surface area (Å²) in [6.45, 7) is 4.95. The van der Waals surface area contributed by atoms with E-state index in [1.807, 2.05) is 17.0 Å². The maximum Gasteiger partial charge on any atom is 0.242 e. The van der Waals surface area contributed by atoms with Crippen LogP contribution in [0.15, 0.2) is 24.3 Å². The van der Waals surface area contributed by atoms with Crippen LogP contribution in [0.1, 0.15) is 0 Å². The SMILES string of the molecule is Cl.Cl.O=C(C1COCCN1)N1CCN(c2ccc(O)cc2)CC1. The fraction of sp³-hybridized carbons (Fsp3) is 0.533. The lowest BCUT2D eigenvalue weighted by Gasteiger charge is -2.38. The number of morpholine rings is 1. The summed E-state index contributed by atoms with van der Waals surface area (Å²) in [6.07, 6.45) is 0. The van der Waals surface area contributed by atoms with Crippen molar-refractivity contribution in [2.45, 2.75) is 6.04 Å². The first-order chi connectivity index (χ1) is 10.2. The van der Waals surface area contributed by atoms with Gasteiger partial charge in [0, 0.05) is 38.4 Å². The van der Waals surface area contributed by atoms with Crippen LogP contribution in [-0.4, -0.2) is 67.9 Å². The zero-order valence-electron chi connectivity index (χ0n) is 12.8. The van der Waals surface area contributed by atoms with E-state index in [-0.39, 0.29) is 42.5 Å². The Labute approximate surface area is 148 Å². The maximum absolute atomic E-state index is 12.4. The number of phenolic OH excluding ortho intramolecular Hbond substituents is 1. The number of aromatic hydroxyl groups is 1. The van der Waals surface area contributed by atoms with E-state index in [2.05, 4.69) is 10.2 Å². The van der Waals surface area contributed by atoms with E-state index in [0.29, 0.717) is 13.2 Å². The molecular weight excluding hydrogens is 341 g/mol. The molecule has 1 unspecified atom stereocenters. The summed E-state index contributed by atoms with van der Waals surface area (Å²) < 4.78 is 5.35. The molecule has 2 fully saturated rings. The number of amides is 1. The van der Waals surface area contributed by atoms with E-state index >= 15 is 0 Å². The summed E-state index contributed by atoms with van der Waals surface area (Å²) in [5.41, 5.74) is 1.08. The zero-order chi connectivity index (χ0) is 14.7. The van der Waals surface area contributed by atoms with Gasteiger partial charge in [0.1, 0.15) is 11.8 Å². The van der Waals surface area contributed by atoms with Gasteiger partial charge in [-0.1, -0.05) is 0 Å². The van der Waals surface area contributed by atoms with Gasteiger partial charge in [-0.25, -0.2) is 0 Å². The van der Waals surface area contributed by atoms with Crippen molar-refractivity contribution in [3.05, 3.63) is 24.3 Å². The Morgan fingerprint density at radius 3 is 2.35 bits per heavy atom. The van der Waals surface area contributed by atoms with Gasteiger partial charge in [-0.2, -0.15) is 0 Å². The minimum atomic E-state index is -0.195. The molecule has 1 amide bonds. The highest BCUT2D eigenvalue weighted by Crippen LogP contribution is 2.20. The molecule has 2 heterocycles. The molecule has 0 saturated carbocycles. The summed E-state index contributed by atoms with van der Waals surface area (Å²) in [7, 11) is 0. The summed E-state index contributed by atoms with van der Waals surface area (Å²) in [5, 5.41) is 12.5. The molecule has 2 aliphatic rings. The van der Waals surface area contributed by atoms with Crippen molar-refractivity contribution < 1.29 is 14.6 Å². The Morgan fingerprint density at radius 2 is 1.78 bits per heavy atom. The van der Waals surface area contributed by atoms with Crippen LogP contribution in [0.5, 0.6) is 5.75 Å². The average molecular weight is 364 g/mol. The van der Waals surface area contributed by atoms with Gasteiger partial charge in [0.05, 0.1) is 13.2 Å². The highest BCUT2D eigenvalue weighted by atomic mass is 35.5. The third kappa shape index (κ3) is 4.88. The Kier molecular flexibility index (Phi) is 7.91. The standard InChI is InChI=1S/C15H21N3O3.2ClH/c19-13-3-1-12(2-4-13)17-6-8-18(9-7-17)15(20)14-11-21-10-5-16-14;;/h1-4,14,16,19H,5-11H2;2*1H. The van der Waals surface area contributed by atoms with Crippen molar-refractivity contribution in [1.29, 1.82) is 0 Å². The monoisotopic (exact) mass is 363 g/mol. The fourth-order valence-corrected chi connectivity index (χ4v) is 2.79. The van der Waals surface area contributed by atoms with E-state index in [1.165, 1.54) is 0 Å². The van der Waals surface area contributed by atoms with Crippen LogP contribution in [0.2, 0.25) is 0 Å². The summed E-state index contributed by atoms with van der Waals surface area (Å²) in [6, 6.07) is 7.00. The molecule has 0 radical (unpaired) electrons. The number of nitrogens with zero attached hydrogens (tertiary/aromatic N) is 2. The summed E-state index contributed by atoms with van der Waals surface area (Å²) >= 11 is 0. The molecular formula is C15H23Cl2N3O3. The molecule has 23 heavy (non-hydrogen) atoms. The minimum absolute atomic E-state index is 0. The van der Waals surface area contributed by atoms with Gasteiger partial charge in [-0.3, -0.25) is 4.79 Å². The Bertz CT molecular complexity index is 487. The number of rotatable bonds is 2. The van der Waals surface area contributed by atoms with Crippen LogP contribution in [0, 0.1) is 0 Å². The first-order valence-electron chi connectivity index (χ1n) is 7.38. The van der Waals surface area contributed by atoms with Gasteiger partial charge >= 0.3 is 0 Å². The van der Waals surface area contributed by atoms with Gasteiger partial charge in [-0.05, 0) is 24.3 Å². The Morgan fingerprint density at radius 1 is 1.13 bits per heavy atom. The third-order valence-corrected chi connectivity index (χ3v) is 4.03. The van der Waals surface area contributed by atoms with E-state index in [1.54, 1.807) is 12.1 Å². The lowest BCUT2D eigenvalue weighted by molar-refractivity contribution is -0.136. The van der Waals surface area contributed by atoms with Crippen molar-refractivity contribution in [1.82, 2.24) is 10.2 Å². The molecule has 2 N–H and O–H groups in total. The average Bonchev–Trinajstić information content (AvgIpc) is 2.56. The number of halogens is 2. The van der Waals surface area contributed by atoms with Gasteiger partial charge < -0.3 is 25.0 Å².